The molecular weight excluding hydrogens is 410 g/mol. The highest BCUT2D eigenvalue weighted by molar-refractivity contribution is 7.91. The van der Waals surface area contributed by atoms with Crippen molar-refractivity contribution in [2.24, 2.45) is 5.73 Å². The van der Waals surface area contributed by atoms with Gasteiger partial charge in [-0.2, -0.15) is 0 Å². The van der Waals surface area contributed by atoms with Gasteiger partial charge in [0.1, 0.15) is 17.0 Å². The second-order valence-corrected chi connectivity index (χ2v) is 11.5. The van der Waals surface area contributed by atoms with Crippen molar-refractivity contribution in [2.75, 3.05) is 44.1 Å². The summed E-state index contributed by atoms with van der Waals surface area (Å²) in [6.45, 7) is 7.42. The van der Waals surface area contributed by atoms with E-state index in [0.717, 1.165) is 6.26 Å². The minimum atomic E-state index is -3.56. The molecule has 1 unspecified atom stereocenters. The topological polar surface area (TPSA) is 128 Å². The van der Waals surface area contributed by atoms with Gasteiger partial charge in [0, 0.05) is 25.4 Å². The number of ether oxygens (including phenoxy) is 2. The molecule has 0 aromatic carbocycles. The maximum atomic E-state index is 13.2. The molecule has 10 nitrogen and oxygen atoms in total. The number of carbonyl (C=O) groups is 1. The molecule has 0 spiro atoms. The largest absolute Gasteiger partial charge is 0.486 e. The van der Waals surface area contributed by atoms with Crippen molar-refractivity contribution < 1.29 is 22.7 Å². The summed E-state index contributed by atoms with van der Waals surface area (Å²) < 4.78 is 35.5. The van der Waals surface area contributed by atoms with Crippen molar-refractivity contribution >= 4 is 21.6 Å². The molecule has 166 valence electrons. The molecule has 1 aromatic rings. The van der Waals surface area contributed by atoms with E-state index < -0.39 is 14.6 Å². The summed E-state index contributed by atoms with van der Waals surface area (Å²) in [5.41, 5.74) is 6.16. The molecule has 3 atom stereocenters. The lowest BCUT2D eigenvalue weighted by Crippen LogP contribution is -2.56. The summed E-state index contributed by atoms with van der Waals surface area (Å²) in [5.74, 6) is 0.401. The smallest absolute Gasteiger partial charge is 0.291 e. The lowest BCUT2D eigenvalue weighted by Gasteiger charge is -2.45. The first-order valence-electron chi connectivity index (χ1n) is 10.2. The van der Waals surface area contributed by atoms with E-state index in [0.29, 0.717) is 50.9 Å². The van der Waals surface area contributed by atoms with Gasteiger partial charge >= 0.3 is 0 Å². The first kappa shape index (κ1) is 21.3. The summed E-state index contributed by atoms with van der Waals surface area (Å²) >= 11 is 0. The molecule has 30 heavy (non-hydrogen) atoms. The maximum absolute atomic E-state index is 13.2. The van der Waals surface area contributed by atoms with E-state index in [2.05, 4.69) is 14.9 Å². The van der Waals surface area contributed by atoms with Gasteiger partial charge in [-0.05, 0) is 27.2 Å². The molecule has 2 fully saturated rings. The Morgan fingerprint density at radius 2 is 1.97 bits per heavy atom. The standard InChI is InChI=1S/C19H29N5O5S/c1-11-8-28-9-13-10-29-14-15(19(2,3)30(4,26)27)21-16(22-17(14)24(11)13)18(25)23-6-5-12(20)7-23/h11-13H,5-10,20H2,1-4H3/t11-,12-,13?/m1/s1. The van der Waals surface area contributed by atoms with Crippen molar-refractivity contribution in [1.29, 1.82) is 0 Å². The molecule has 0 radical (unpaired) electrons. The van der Waals surface area contributed by atoms with Crippen LogP contribution in [0.1, 0.15) is 43.5 Å². The van der Waals surface area contributed by atoms with Crippen molar-refractivity contribution in [3.8, 4) is 5.75 Å². The second-order valence-electron chi connectivity index (χ2n) is 8.89. The molecule has 0 bridgehead atoms. The number of amides is 1. The van der Waals surface area contributed by atoms with Gasteiger partial charge < -0.3 is 25.0 Å². The van der Waals surface area contributed by atoms with Crippen LogP contribution in [0.4, 0.5) is 5.82 Å². The summed E-state index contributed by atoms with van der Waals surface area (Å²) in [5, 5.41) is 0. The molecule has 1 amide bonds. The van der Waals surface area contributed by atoms with Crippen LogP contribution < -0.4 is 15.4 Å². The number of aromatic nitrogens is 2. The van der Waals surface area contributed by atoms with Crippen LogP contribution in [0.3, 0.4) is 0 Å². The van der Waals surface area contributed by atoms with E-state index in [4.69, 9.17) is 15.2 Å². The Morgan fingerprint density at radius 1 is 1.23 bits per heavy atom. The summed E-state index contributed by atoms with van der Waals surface area (Å²) in [6.07, 6.45) is 1.87. The second kappa shape index (κ2) is 7.31. The molecule has 4 heterocycles. The molecular formula is C19H29N5O5S. The lowest BCUT2D eigenvalue weighted by molar-refractivity contribution is 0.0480. The Bertz CT molecular complexity index is 966. The summed E-state index contributed by atoms with van der Waals surface area (Å²) in [6, 6.07) is -0.141. The highest BCUT2D eigenvalue weighted by Crippen LogP contribution is 2.43. The van der Waals surface area contributed by atoms with E-state index in [-0.39, 0.29) is 35.6 Å². The number of nitrogens with two attached hydrogens (primary N) is 1. The van der Waals surface area contributed by atoms with Crippen molar-refractivity contribution in [3.05, 3.63) is 11.5 Å². The number of rotatable bonds is 3. The Kier molecular flexibility index (Phi) is 5.18. The van der Waals surface area contributed by atoms with Crippen molar-refractivity contribution in [1.82, 2.24) is 14.9 Å². The Morgan fingerprint density at radius 3 is 2.60 bits per heavy atom. The number of hydrogen-bond acceptors (Lipinski definition) is 9. The fourth-order valence-electron chi connectivity index (χ4n) is 4.12. The third-order valence-corrected chi connectivity index (χ3v) is 8.30. The van der Waals surface area contributed by atoms with E-state index in [1.54, 1.807) is 18.7 Å². The van der Waals surface area contributed by atoms with Gasteiger partial charge in [0.15, 0.2) is 21.4 Å². The third-order valence-electron chi connectivity index (χ3n) is 6.25. The van der Waals surface area contributed by atoms with Crippen LogP contribution in [0.5, 0.6) is 5.75 Å². The average molecular weight is 440 g/mol. The molecule has 0 aliphatic carbocycles. The number of hydrogen-bond donors (Lipinski definition) is 1. The number of morpholine rings is 1. The van der Waals surface area contributed by atoms with Crippen LogP contribution in [-0.4, -0.2) is 86.5 Å². The zero-order chi connectivity index (χ0) is 21.8. The number of nitrogens with zero attached hydrogens (tertiary/aromatic N) is 4. The summed E-state index contributed by atoms with van der Waals surface area (Å²) in [4.78, 5) is 25.9. The highest BCUT2D eigenvalue weighted by atomic mass is 32.2. The normalized spacial score (nSPS) is 26.8. The van der Waals surface area contributed by atoms with Gasteiger partial charge in [0.2, 0.25) is 5.82 Å². The fourth-order valence-corrected chi connectivity index (χ4v) is 4.61. The van der Waals surface area contributed by atoms with Gasteiger partial charge in [-0.3, -0.25) is 4.79 Å². The number of sulfone groups is 1. The zero-order valence-electron chi connectivity index (χ0n) is 17.8. The van der Waals surface area contributed by atoms with Gasteiger partial charge in [0.25, 0.3) is 5.91 Å². The first-order valence-corrected chi connectivity index (χ1v) is 12.1. The minimum Gasteiger partial charge on any atom is -0.486 e. The third kappa shape index (κ3) is 3.42. The van der Waals surface area contributed by atoms with Crippen molar-refractivity contribution in [3.63, 3.8) is 0 Å². The predicted molar refractivity (Wildman–Crippen MR) is 110 cm³/mol. The number of anilines is 1. The van der Waals surface area contributed by atoms with Crippen molar-refractivity contribution in [2.45, 2.75) is 50.1 Å². The SMILES string of the molecule is C[C@@H]1COCC2COc3c(nc(C(=O)N4CC[C@@H](N)C4)nc3C(C)(C)S(C)(=O)=O)N21. The fraction of sp³-hybridized carbons (Fsp3) is 0.737. The number of carbonyl (C=O) groups excluding carboxylic acids is 1. The zero-order valence-corrected chi connectivity index (χ0v) is 18.6. The monoisotopic (exact) mass is 439 g/mol. The Balaban J connectivity index is 1.88. The molecule has 0 saturated carbocycles. The molecule has 4 rings (SSSR count). The highest BCUT2D eigenvalue weighted by Gasteiger charge is 2.44. The van der Waals surface area contributed by atoms with Crippen LogP contribution in [0.2, 0.25) is 0 Å². The number of likely N-dealkylation sites (tertiary alicyclic amines) is 1. The van der Waals surface area contributed by atoms with Gasteiger partial charge in [0.05, 0.1) is 25.3 Å². The minimum absolute atomic E-state index is 0.00124. The molecule has 2 N–H and O–H groups in total. The van der Waals surface area contributed by atoms with Crippen LogP contribution in [-0.2, 0) is 19.3 Å². The average Bonchev–Trinajstić information content (AvgIpc) is 3.11. The molecule has 2 saturated heterocycles. The first-order chi connectivity index (χ1) is 14.0. The maximum Gasteiger partial charge on any atom is 0.291 e. The summed E-state index contributed by atoms with van der Waals surface area (Å²) in [7, 11) is -3.56. The van der Waals surface area contributed by atoms with E-state index >= 15 is 0 Å². The van der Waals surface area contributed by atoms with E-state index in [1.165, 1.54) is 0 Å². The van der Waals surface area contributed by atoms with Crippen LogP contribution in [0, 0.1) is 0 Å². The molecule has 11 heteroatoms. The van der Waals surface area contributed by atoms with Gasteiger partial charge in [-0.25, -0.2) is 18.4 Å². The molecule has 3 aliphatic rings. The van der Waals surface area contributed by atoms with E-state index in [1.807, 2.05) is 6.92 Å². The molecule has 1 aromatic heterocycles. The van der Waals surface area contributed by atoms with Gasteiger partial charge in [-0.1, -0.05) is 0 Å². The van der Waals surface area contributed by atoms with Crippen LogP contribution in [0.15, 0.2) is 0 Å². The van der Waals surface area contributed by atoms with Crippen LogP contribution >= 0.6 is 0 Å². The Hall–Kier alpha value is -1.98. The Labute approximate surface area is 176 Å². The lowest BCUT2D eigenvalue weighted by atomic mass is 10.0. The van der Waals surface area contributed by atoms with Gasteiger partial charge in [-0.15, -0.1) is 0 Å². The van der Waals surface area contributed by atoms with Crippen LogP contribution in [0.25, 0.3) is 0 Å². The predicted octanol–water partition coefficient (Wildman–Crippen LogP) is -0.0844. The molecule has 3 aliphatic heterocycles. The van der Waals surface area contributed by atoms with E-state index in [9.17, 15) is 13.2 Å². The quantitative estimate of drug-likeness (QED) is 0.687. The number of fused-ring (bicyclic) bond motifs is 3.